The van der Waals surface area contributed by atoms with Crippen molar-refractivity contribution >= 4 is 15.9 Å². The molecule has 0 aliphatic rings. The SMILES string of the molecule is C=C[C](C)c1cc(C#N)ccc1Br. The largest absolute Gasteiger partial charge is 0.192 e. The van der Waals surface area contributed by atoms with E-state index in [0.29, 0.717) is 5.56 Å². The van der Waals surface area contributed by atoms with Gasteiger partial charge in [-0.15, -0.1) is 6.58 Å². The zero-order valence-electron chi connectivity index (χ0n) is 7.34. The fraction of sp³-hybridized carbons (Fsp3) is 0.0909. The second kappa shape index (κ2) is 4.25. The van der Waals surface area contributed by atoms with Crippen molar-refractivity contribution in [3.63, 3.8) is 0 Å². The molecular formula is C11H9BrN. The lowest BCUT2D eigenvalue weighted by Crippen LogP contribution is -1.92. The predicted octanol–water partition coefficient (Wildman–Crippen LogP) is 3.45. The Labute approximate surface area is 86.8 Å². The van der Waals surface area contributed by atoms with E-state index in [-0.39, 0.29) is 0 Å². The predicted molar refractivity (Wildman–Crippen MR) is 57.1 cm³/mol. The van der Waals surface area contributed by atoms with Crippen LogP contribution in [-0.4, -0.2) is 0 Å². The molecule has 65 valence electrons. The standard InChI is InChI=1S/C11H9BrN/c1-3-8(2)10-6-9(7-13)4-5-11(10)12/h3-6H,1H2,2H3. The molecule has 1 radical (unpaired) electrons. The van der Waals surface area contributed by atoms with Gasteiger partial charge in [0.1, 0.15) is 0 Å². The van der Waals surface area contributed by atoms with E-state index in [1.807, 2.05) is 19.1 Å². The number of halogens is 1. The van der Waals surface area contributed by atoms with Crippen LogP contribution in [0.2, 0.25) is 0 Å². The summed E-state index contributed by atoms with van der Waals surface area (Å²) >= 11 is 3.42. The highest BCUT2D eigenvalue weighted by atomic mass is 79.9. The number of nitriles is 1. The van der Waals surface area contributed by atoms with Crippen molar-refractivity contribution in [2.24, 2.45) is 0 Å². The average molecular weight is 235 g/mol. The molecular weight excluding hydrogens is 226 g/mol. The topological polar surface area (TPSA) is 23.8 Å². The monoisotopic (exact) mass is 234 g/mol. The van der Waals surface area contributed by atoms with Gasteiger partial charge in [-0.25, -0.2) is 0 Å². The van der Waals surface area contributed by atoms with E-state index in [1.165, 1.54) is 0 Å². The second-order valence-corrected chi connectivity index (χ2v) is 3.55. The summed E-state index contributed by atoms with van der Waals surface area (Å²) in [6, 6.07) is 7.61. The van der Waals surface area contributed by atoms with Gasteiger partial charge >= 0.3 is 0 Å². The molecule has 0 heterocycles. The maximum Gasteiger partial charge on any atom is 0.0991 e. The van der Waals surface area contributed by atoms with Crippen LogP contribution in [0.15, 0.2) is 35.3 Å². The lowest BCUT2D eigenvalue weighted by atomic mass is 10.00. The molecule has 0 aromatic heterocycles. The average Bonchev–Trinajstić information content (AvgIpc) is 2.17. The first-order valence-corrected chi connectivity index (χ1v) is 4.64. The molecule has 2 heteroatoms. The molecule has 1 aromatic rings. The summed E-state index contributed by atoms with van der Waals surface area (Å²) in [7, 11) is 0. The quantitative estimate of drug-likeness (QED) is 0.770. The molecule has 0 atom stereocenters. The van der Waals surface area contributed by atoms with E-state index in [9.17, 15) is 0 Å². The summed E-state index contributed by atoms with van der Waals surface area (Å²) in [6.45, 7) is 5.66. The molecule has 0 N–H and O–H groups in total. The summed E-state index contributed by atoms with van der Waals surface area (Å²) in [5, 5.41) is 8.71. The molecule has 0 bridgehead atoms. The van der Waals surface area contributed by atoms with Gasteiger partial charge in [-0.2, -0.15) is 5.26 Å². The number of allylic oxidation sites excluding steroid dienone is 1. The van der Waals surface area contributed by atoms with E-state index < -0.39 is 0 Å². The number of nitrogens with zero attached hydrogens (tertiary/aromatic N) is 1. The molecule has 0 aliphatic heterocycles. The van der Waals surface area contributed by atoms with E-state index in [4.69, 9.17) is 5.26 Å². The van der Waals surface area contributed by atoms with Gasteiger partial charge in [0.15, 0.2) is 0 Å². The van der Waals surface area contributed by atoms with Crippen LogP contribution in [0.1, 0.15) is 18.1 Å². The van der Waals surface area contributed by atoms with Crippen molar-refractivity contribution in [1.82, 2.24) is 0 Å². The summed E-state index contributed by atoms with van der Waals surface area (Å²) in [5.41, 5.74) is 1.69. The lowest BCUT2D eigenvalue weighted by molar-refractivity contribution is 1.23. The maximum absolute atomic E-state index is 8.71. The zero-order valence-corrected chi connectivity index (χ0v) is 8.93. The van der Waals surface area contributed by atoms with Gasteiger partial charge in [0, 0.05) is 10.4 Å². The normalized spacial score (nSPS) is 9.69. The Hall–Kier alpha value is -1.07. The third-order valence-corrected chi connectivity index (χ3v) is 2.52. The first-order chi connectivity index (χ1) is 6.19. The molecule has 0 unspecified atom stereocenters. The van der Waals surface area contributed by atoms with E-state index >= 15 is 0 Å². The Morgan fingerprint density at radius 2 is 2.31 bits per heavy atom. The minimum absolute atomic E-state index is 0.666. The zero-order chi connectivity index (χ0) is 9.84. The smallest absolute Gasteiger partial charge is 0.0991 e. The van der Waals surface area contributed by atoms with Gasteiger partial charge in [0.05, 0.1) is 11.6 Å². The number of hydrogen-bond acceptors (Lipinski definition) is 1. The molecule has 13 heavy (non-hydrogen) atoms. The molecule has 1 aromatic carbocycles. The molecule has 1 nitrogen and oxygen atoms in total. The fourth-order valence-corrected chi connectivity index (χ4v) is 1.57. The third kappa shape index (κ3) is 2.19. The van der Waals surface area contributed by atoms with Crippen LogP contribution in [0.5, 0.6) is 0 Å². The van der Waals surface area contributed by atoms with Gasteiger partial charge in [-0.05, 0) is 23.8 Å². The molecule has 0 saturated carbocycles. The minimum Gasteiger partial charge on any atom is -0.192 e. The van der Waals surface area contributed by atoms with E-state index in [2.05, 4.69) is 28.6 Å². The maximum atomic E-state index is 8.71. The summed E-state index contributed by atoms with van der Waals surface area (Å²) < 4.78 is 0.990. The van der Waals surface area contributed by atoms with Crippen LogP contribution in [-0.2, 0) is 0 Å². The van der Waals surface area contributed by atoms with Crippen LogP contribution in [0.25, 0.3) is 0 Å². The Bertz CT molecular complexity index is 363. The number of rotatable bonds is 2. The van der Waals surface area contributed by atoms with Crippen molar-refractivity contribution in [1.29, 1.82) is 5.26 Å². The fourth-order valence-electron chi connectivity index (χ4n) is 1.01. The minimum atomic E-state index is 0.666. The Balaban J connectivity index is 3.20. The van der Waals surface area contributed by atoms with Crippen LogP contribution in [0, 0.1) is 17.2 Å². The van der Waals surface area contributed by atoms with Crippen molar-refractivity contribution in [2.45, 2.75) is 6.92 Å². The van der Waals surface area contributed by atoms with Gasteiger partial charge in [-0.3, -0.25) is 0 Å². The molecule has 1 rings (SSSR count). The molecule has 0 aliphatic carbocycles. The van der Waals surface area contributed by atoms with Gasteiger partial charge in [0.25, 0.3) is 0 Å². The Morgan fingerprint density at radius 1 is 1.62 bits per heavy atom. The molecule has 0 amide bonds. The second-order valence-electron chi connectivity index (χ2n) is 2.69. The Kier molecular flexibility index (Phi) is 3.27. The third-order valence-electron chi connectivity index (χ3n) is 1.83. The summed E-state index contributed by atoms with van der Waals surface area (Å²) in [5.74, 6) is 1.06. The lowest BCUT2D eigenvalue weighted by Gasteiger charge is -2.08. The molecule has 0 saturated heterocycles. The first-order valence-electron chi connectivity index (χ1n) is 3.85. The van der Waals surface area contributed by atoms with Crippen molar-refractivity contribution in [3.05, 3.63) is 52.4 Å². The highest BCUT2D eigenvalue weighted by Crippen LogP contribution is 2.25. The van der Waals surface area contributed by atoms with Crippen LogP contribution in [0.4, 0.5) is 0 Å². The van der Waals surface area contributed by atoms with Gasteiger partial charge in [-0.1, -0.05) is 28.9 Å². The first kappa shape index (κ1) is 10.0. The van der Waals surface area contributed by atoms with Crippen molar-refractivity contribution in [2.75, 3.05) is 0 Å². The van der Waals surface area contributed by atoms with Gasteiger partial charge in [0.2, 0.25) is 0 Å². The van der Waals surface area contributed by atoms with Gasteiger partial charge < -0.3 is 0 Å². The number of hydrogen-bond donors (Lipinski definition) is 0. The summed E-state index contributed by atoms with van der Waals surface area (Å²) in [6.07, 6.45) is 1.78. The van der Waals surface area contributed by atoms with E-state index in [1.54, 1.807) is 12.1 Å². The van der Waals surface area contributed by atoms with Crippen LogP contribution < -0.4 is 0 Å². The molecule has 0 fully saturated rings. The highest BCUT2D eigenvalue weighted by Gasteiger charge is 2.06. The Morgan fingerprint density at radius 3 is 2.85 bits per heavy atom. The molecule has 0 spiro atoms. The number of benzene rings is 1. The van der Waals surface area contributed by atoms with Crippen LogP contribution in [0.3, 0.4) is 0 Å². The van der Waals surface area contributed by atoms with E-state index in [0.717, 1.165) is 16.0 Å². The van der Waals surface area contributed by atoms with Crippen molar-refractivity contribution in [3.8, 4) is 6.07 Å². The summed E-state index contributed by atoms with van der Waals surface area (Å²) in [4.78, 5) is 0. The highest BCUT2D eigenvalue weighted by molar-refractivity contribution is 9.10. The van der Waals surface area contributed by atoms with Crippen LogP contribution >= 0.6 is 15.9 Å². The van der Waals surface area contributed by atoms with Crippen molar-refractivity contribution < 1.29 is 0 Å².